The predicted molar refractivity (Wildman–Crippen MR) is 98.2 cm³/mol. The molecule has 0 bridgehead atoms. The summed E-state index contributed by atoms with van der Waals surface area (Å²) in [4.78, 5) is 28.4. The summed E-state index contributed by atoms with van der Waals surface area (Å²) in [5, 5.41) is 16.7. The van der Waals surface area contributed by atoms with Crippen LogP contribution in [0.3, 0.4) is 0 Å². The summed E-state index contributed by atoms with van der Waals surface area (Å²) >= 11 is 0. The molecular weight excluding hydrogens is 332 g/mol. The number of rotatable bonds is 5. The molecule has 26 heavy (non-hydrogen) atoms. The lowest BCUT2D eigenvalue weighted by atomic mass is 9.76. The van der Waals surface area contributed by atoms with Crippen molar-refractivity contribution in [1.29, 1.82) is 0 Å². The van der Waals surface area contributed by atoms with Crippen LogP contribution in [0.5, 0.6) is 0 Å². The van der Waals surface area contributed by atoms with Crippen LogP contribution in [0.2, 0.25) is 0 Å². The molecule has 1 spiro atoms. The van der Waals surface area contributed by atoms with E-state index in [1.807, 2.05) is 18.7 Å². The highest BCUT2D eigenvalue weighted by molar-refractivity contribution is 5.94. The van der Waals surface area contributed by atoms with E-state index >= 15 is 0 Å². The monoisotopic (exact) mass is 362 g/mol. The normalized spacial score (nSPS) is 22.9. The lowest BCUT2D eigenvalue weighted by Gasteiger charge is -2.39. The Bertz CT molecular complexity index is 676. The fraction of sp³-hybridized carbons (Fsp3) is 0.737. The second-order valence-electron chi connectivity index (χ2n) is 7.85. The number of hydrogen-bond donors (Lipinski definition) is 2. The van der Waals surface area contributed by atoms with Crippen molar-refractivity contribution < 1.29 is 14.7 Å². The highest BCUT2D eigenvalue weighted by Crippen LogP contribution is 2.43. The SMILES string of the molecule is CCCN1CC2(CCN(C(=O)c3n[nH]c(CC)c3C)CC2)C[C@@H]1C(=O)O. The van der Waals surface area contributed by atoms with Crippen LogP contribution in [0.4, 0.5) is 0 Å². The average molecular weight is 362 g/mol. The van der Waals surface area contributed by atoms with Gasteiger partial charge in [-0.1, -0.05) is 13.8 Å². The largest absolute Gasteiger partial charge is 0.480 e. The molecule has 3 rings (SSSR count). The summed E-state index contributed by atoms with van der Waals surface area (Å²) in [5.74, 6) is -0.723. The van der Waals surface area contributed by atoms with Gasteiger partial charge in [-0.15, -0.1) is 0 Å². The number of aryl methyl sites for hydroxylation is 1. The number of hydrogen-bond acceptors (Lipinski definition) is 4. The predicted octanol–water partition coefficient (Wildman–Crippen LogP) is 2.07. The number of likely N-dealkylation sites (tertiary alicyclic amines) is 2. The van der Waals surface area contributed by atoms with Crippen LogP contribution in [0, 0.1) is 12.3 Å². The summed E-state index contributed by atoms with van der Waals surface area (Å²) in [6, 6.07) is -0.377. The summed E-state index contributed by atoms with van der Waals surface area (Å²) in [6.07, 6.45) is 4.23. The first-order chi connectivity index (χ1) is 12.4. The highest BCUT2D eigenvalue weighted by Gasteiger charge is 2.48. The minimum Gasteiger partial charge on any atom is -0.480 e. The summed E-state index contributed by atoms with van der Waals surface area (Å²) in [7, 11) is 0. The third kappa shape index (κ3) is 3.37. The molecular formula is C19H30N4O3. The number of aromatic nitrogens is 2. The van der Waals surface area contributed by atoms with E-state index in [2.05, 4.69) is 22.0 Å². The molecule has 144 valence electrons. The Balaban J connectivity index is 1.66. The van der Waals surface area contributed by atoms with Gasteiger partial charge in [-0.3, -0.25) is 19.6 Å². The number of piperidine rings is 1. The number of H-pyrrole nitrogens is 1. The van der Waals surface area contributed by atoms with E-state index in [-0.39, 0.29) is 17.4 Å². The van der Waals surface area contributed by atoms with Crippen LogP contribution >= 0.6 is 0 Å². The minimum atomic E-state index is -0.715. The van der Waals surface area contributed by atoms with Gasteiger partial charge < -0.3 is 10.0 Å². The van der Waals surface area contributed by atoms with Crippen molar-refractivity contribution in [3.05, 3.63) is 17.0 Å². The minimum absolute atomic E-state index is 0.00787. The van der Waals surface area contributed by atoms with Crippen molar-refractivity contribution in [2.75, 3.05) is 26.2 Å². The maximum Gasteiger partial charge on any atom is 0.320 e. The van der Waals surface area contributed by atoms with E-state index in [0.717, 1.165) is 50.0 Å². The third-order valence-corrected chi connectivity index (χ3v) is 6.18. The molecule has 2 fully saturated rings. The molecule has 0 saturated carbocycles. The molecule has 3 heterocycles. The number of carboxylic acids is 1. The van der Waals surface area contributed by atoms with Gasteiger partial charge in [0.25, 0.3) is 5.91 Å². The molecule has 0 unspecified atom stereocenters. The molecule has 1 amide bonds. The van der Waals surface area contributed by atoms with Crippen LogP contribution in [-0.2, 0) is 11.2 Å². The number of carbonyl (C=O) groups excluding carboxylic acids is 1. The van der Waals surface area contributed by atoms with Gasteiger partial charge in [-0.2, -0.15) is 5.10 Å². The maximum absolute atomic E-state index is 12.8. The Morgan fingerprint density at radius 3 is 2.54 bits per heavy atom. The van der Waals surface area contributed by atoms with Gasteiger partial charge in [0.1, 0.15) is 6.04 Å². The van der Waals surface area contributed by atoms with Gasteiger partial charge in [-0.05, 0) is 51.0 Å². The van der Waals surface area contributed by atoms with Gasteiger partial charge in [0, 0.05) is 30.9 Å². The molecule has 2 N–H and O–H groups in total. The Morgan fingerprint density at radius 1 is 1.31 bits per heavy atom. The first kappa shape index (κ1) is 18.9. The number of aromatic amines is 1. The molecule has 0 aliphatic carbocycles. The Hall–Kier alpha value is -1.89. The van der Waals surface area contributed by atoms with E-state index in [1.165, 1.54) is 0 Å². The smallest absolute Gasteiger partial charge is 0.320 e. The molecule has 7 nitrogen and oxygen atoms in total. The molecule has 2 saturated heterocycles. The van der Waals surface area contributed by atoms with E-state index in [4.69, 9.17) is 0 Å². The highest BCUT2D eigenvalue weighted by atomic mass is 16.4. The quantitative estimate of drug-likeness (QED) is 0.837. The standard InChI is InChI=1S/C19H30N4O3/c1-4-8-23-12-19(11-15(23)18(25)26)6-9-22(10-7-19)17(24)16-13(3)14(5-2)20-21-16/h15H,4-12H2,1-3H3,(H,20,21)(H,25,26)/t15-/m1/s1. The van der Waals surface area contributed by atoms with Crippen molar-refractivity contribution in [2.24, 2.45) is 5.41 Å². The lowest BCUT2D eigenvalue weighted by molar-refractivity contribution is -0.142. The van der Waals surface area contributed by atoms with Gasteiger partial charge >= 0.3 is 5.97 Å². The van der Waals surface area contributed by atoms with E-state index in [9.17, 15) is 14.7 Å². The van der Waals surface area contributed by atoms with Crippen molar-refractivity contribution in [1.82, 2.24) is 20.0 Å². The molecule has 7 heteroatoms. The molecule has 1 atom stereocenters. The van der Waals surface area contributed by atoms with Crippen LogP contribution < -0.4 is 0 Å². The number of carboxylic acid groups (broad SMARTS) is 1. The first-order valence-corrected chi connectivity index (χ1v) is 9.70. The van der Waals surface area contributed by atoms with Crippen molar-refractivity contribution in [3.63, 3.8) is 0 Å². The fourth-order valence-electron chi connectivity index (χ4n) is 4.59. The Morgan fingerprint density at radius 2 is 2.00 bits per heavy atom. The molecule has 1 aromatic heterocycles. The van der Waals surface area contributed by atoms with Gasteiger partial charge in [0.2, 0.25) is 0 Å². The zero-order valence-corrected chi connectivity index (χ0v) is 16.0. The van der Waals surface area contributed by atoms with Crippen molar-refractivity contribution >= 4 is 11.9 Å². The molecule has 2 aliphatic heterocycles. The summed E-state index contributed by atoms with van der Waals surface area (Å²) in [5.41, 5.74) is 2.51. The summed E-state index contributed by atoms with van der Waals surface area (Å²) < 4.78 is 0. The number of amides is 1. The second kappa shape index (κ2) is 7.39. The van der Waals surface area contributed by atoms with Crippen LogP contribution in [0.25, 0.3) is 0 Å². The van der Waals surface area contributed by atoms with E-state index in [0.29, 0.717) is 25.2 Å². The third-order valence-electron chi connectivity index (χ3n) is 6.18. The van der Waals surface area contributed by atoms with Gasteiger partial charge in [0.15, 0.2) is 5.69 Å². The van der Waals surface area contributed by atoms with Crippen LogP contribution in [-0.4, -0.2) is 69.2 Å². The topological polar surface area (TPSA) is 89.5 Å². The number of carbonyl (C=O) groups is 2. The number of nitrogens with one attached hydrogen (secondary N) is 1. The maximum atomic E-state index is 12.8. The zero-order chi connectivity index (χ0) is 18.9. The molecule has 0 radical (unpaired) electrons. The molecule has 0 aromatic carbocycles. The Labute approximate surface area is 154 Å². The average Bonchev–Trinajstić information content (AvgIpc) is 3.16. The van der Waals surface area contributed by atoms with Gasteiger partial charge in [-0.25, -0.2) is 0 Å². The molecule has 2 aliphatic rings. The zero-order valence-electron chi connectivity index (χ0n) is 16.0. The van der Waals surface area contributed by atoms with Crippen LogP contribution in [0.15, 0.2) is 0 Å². The first-order valence-electron chi connectivity index (χ1n) is 9.70. The molecule has 1 aromatic rings. The van der Waals surface area contributed by atoms with E-state index < -0.39 is 5.97 Å². The van der Waals surface area contributed by atoms with Crippen molar-refractivity contribution in [3.8, 4) is 0 Å². The van der Waals surface area contributed by atoms with Crippen molar-refractivity contribution in [2.45, 2.75) is 58.9 Å². The number of nitrogens with zero attached hydrogens (tertiary/aromatic N) is 3. The van der Waals surface area contributed by atoms with Crippen LogP contribution in [0.1, 0.15) is 61.3 Å². The number of aliphatic carboxylic acids is 1. The lowest BCUT2D eigenvalue weighted by Crippen LogP contribution is -2.44. The fourth-order valence-corrected chi connectivity index (χ4v) is 4.59. The van der Waals surface area contributed by atoms with Gasteiger partial charge in [0.05, 0.1) is 0 Å². The summed E-state index contributed by atoms with van der Waals surface area (Å²) in [6.45, 7) is 9.09. The Kier molecular flexibility index (Phi) is 5.37. The second-order valence-corrected chi connectivity index (χ2v) is 7.85. The van der Waals surface area contributed by atoms with E-state index in [1.54, 1.807) is 0 Å².